The Morgan fingerprint density at radius 3 is 2.63 bits per heavy atom. The number of carbonyl (C=O) groups is 2. The Morgan fingerprint density at radius 1 is 1.26 bits per heavy atom. The minimum Gasteiger partial charge on any atom is -0.467 e. The van der Waals surface area contributed by atoms with Crippen LogP contribution >= 0.6 is 0 Å². The highest BCUT2D eigenvalue weighted by Crippen LogP contribution is 1.98. The second kappa shape index (κ2) is 8.31. The summed E-state index contributed by atoms with van der Waals surface area (Å²) in [6.45, 7) is 1.80. The number of nitrogens with one attached hydrogen (secondary N) is 2. The molecule has 106 valence electrons. The normalized spacial score (nSPS) is 10.5. The summed E-state index contributed by atoms with van der Waals surface area (Å²) in [4.78, 5) is 25.0. The lowest BCUT2D eigenvalue weighted by Crippen LogP contribution is -2.32. The molecule has 0 aliphatic rings. The maximum atomic E-state index is 11.5. The van der Waals surface area contributed by atoms with Crippen LogP contribution in [-0.4, -0.2) is 43.9 Å². The standard InChI is InChI=1S/C13H21N3O3/c1-16(2)7-4-6-14-12(17)9-13(18)15-10-11-5-3-8-19-11/h3,5,8H,4,6-7,9-10H2,1-2H3,(H,14,17)(H,15,18). The van der Waals surface area contributed by atoms with E-state index in [1.165, 1.54) is 0 Å². The molecule has 19 heavy (non-hydrogen) atoms. The number of rotatable bonds is 8. The molecule has 1 aromatic rings. The second-order valence-electron chi connectivity index (χ2n) is 4.54. The number of nitrogens with zero attached hydrogens (tertiary/aromatic N) is 1. The molecule has 2 N–H and O–H groups in total. The number of hydrogen-bond acceptors (Lipinski definition) is 4. The summed E-state index contributed by atoms with van der Waals surface area (Å²) in [5, 5.41) is 5.34. The average molecular weight is 267 g/mol. The largest absolute Gasteiger partial charge is 0.467 e. The van der Waals surface area contributed by atoms with Gasteiger partial charge in [0.15, 0.2) is 0 Å². The van der Waals surface area contributed by atoms with Gasteiger partial charge in [-0.1, -0.05) is 0 Å². The molecule has 0 bridgehead atoms. The lowest BCUT2D eigenvalue weighted by atomic mass is 10.3. The Labute approximate surface area is 113 Å². The first-order chi connectivity index (χ1) is 9.08. The number of amides is 2. The van der Waals surface area contributed by atoms with Crippen molar-refractivity contribution < 1.29 is 14.0 Å². The molecule has 0 fully saturated rings. The molecular weight excluding hydrogens is 246 g/mol. The molecule has 0 saturated carbocycles. The van der Waals surface area contributed by atoms with E-state index in [0.717, 1.165) is 13.0 Å². The first kappa shape index (κ1) is 15.2. The molecule has 0 spiro atoms. The first-order valence-electron chi connectivity index (χ1n) is 6.28. The third kappa shape index (κ3) is 7.25. The van der Waals surface area contributed by atoms with Crippen molar-refractivity contribution in [3.8, 4) is 0 Å². The van der Waals surface area contributed by atoms with E-state index in [4.69, 9.17) is 4.42 Å². The van der Waals surface area contributed by atoms with Crippen molar-refractivity contribution in [1.29, 1.82) is 0 Å². The van der Waals surface area contributed by atoms with E-state index in [-0.39, 0.29) is 18.2 Å². The lowest BCUT2D eigenvalue weighted by Gasteiger charge is -2.09. The van der Waals surface area contributed by atoms with Gasteiger partial charge in [-0.15, -0.1) is 0 Å². The molecule has 1 heterocycles. The minimum atomic E-state index is -0.304. The predicted octanol–water partition coefficient (Wildman–Crippen LogP) is 0.354. The number of carbonyl (C=O) groups excluding carboxylic acids is 2. The van der Waals surface area contributed by atoms with Crippen LogP contribution in [0.15, 0.2) is 22.8 Å². The molecule has 0 saturated heterocycles. The summed E-state index contributed by atoms with van der Waals surface area (Å²) in [5.41, 5.74) is 0. The quantitative estimate of drug-likeness (QED) is 0.526. The molecule has 0 aliphatic heterocycles. The molecule has 0 aliphatic carbocycles. The van der Waals surface area contributed by atoms with Crippen LogP contribution in [0, 0.1) is 0 Å². The minimum absolute atomic E-state index is 0.150. The number of furan rings is 1. The predicted molar refractivity (Wildman–Crippen MR) is 71.4 cm³/mol. The van der Waals surface area contributed by atoms with Crippen LogP contribution in [0.4, 0.5) is 0 Å². The monoisotopic (exact) mass is 267 g/mol. The highest BCUT2D eigenvalue weighted by atomic mass is 16.3. The van der Waals surface area contributed by atoms with Crippen molar-refractivity contribution in [2.75, 3.05) is 27.2 Å². The zero-order valence-electron chi connectivity index (χ0n) is 11.4. The Morgan fingerprint density at radius 2 is 2.00 bits per heavy atom. The highest BCUT2D eigenvalue weighted by Gasteiger charge is 2.09. The fourth-order valence-corrected chi connectivity index (χ4v) is 1.49. The van der Waals surface area contributed by atoms with Gasteiger partial charge >= 0.3 is 0 Å². The van der Waals surface area contributed by atoms with E-state index < -0.39 is 0 Å². The summed E-state index contributed by atoms with van der Waals surface area (Å²) in [7, 11) is 3.95. The van der Waals surface area contributed by atoms with Gasteiger partial charge in [0, 0.05) is 6.54 Å². The van der Waals surface area contributed by atoms with Crippen LogP contribution in [0.2, 0.25) is 0 Å². The highest BCUT2D eigenvalue weighted by molar-refractivity contribution is 5.96. The van der Waals surface area contributed by atoms with Gasteiger partial charge in [-0.3, -0.25) is 9.59 Å². The van der Waals surface area contributed by atoms with Crippen molar-refractivity contribution in [1.82, 2.24) is 15.5 Å². The van der Waals surface area contributed by atoms with Crippen LogP contribution in [0.5, 0.6) is 0 Å². The van der Waals surface area contributed by atoms with Crippen LogP contribution < -0.4 is 10.6 Å². The van der Waals surface area contributed by atoms with Gasteiger partial charge in [0.1, 0.15) is 12.2 Å². The summed E-state index contributed by atoms with van der Waals surface area (Å²) < 4.78 is 5.07. The smallest absolute Gasteiger partial charge is 0.229 e. The Balaban J connectivity index is 2.09. The van der Waals surface area contributed by atoms with Crippen molar-refractivity contribution in [3.05, 3.63) is 24.2 Å². The summed E-state index contributed by atoms with van der Waals surface area (Å²) in [6, 6.07) is 3.51. The van der Waals surface area contributed by atoms with Gasteiger partial charge in [0.25, 0.3) is 0 Å². The fourth-order valence-electron chi connectivity index (χ4n) is 1.49. The summed E-state index contributed by atoms with van der Waals surface area (Å²) >= 11 is 0. The fraction of sp³-hybridized carbons (Fsp3) is 0.538. The number of hydrogen-bond donors (Lipinski definition) is 2. The molecule has 6 nitrogen and oxygen atoms in total. The average Bonchev–Trinajstić information content (AvgIpc) is 2.85. The van der Waals surface area contributed by atoms with E-state index in [0.29, 0.717) is 18.8 Å². The third-order valence-corrected chi connectivity index (χ3v) is 2.47. The van der Waals surface area contributed by atoms with E-state index in [9.17, 15) is 9.59 Å². The zero-order chi connectivity index (χ0) is 14.1. The van der Waals surface area contributed by atoms with Crippen LogP contribution in [0.25, 0.3) is 0 Å². The molecule has 0 aromatic carbocycles. The molecular formula is C13H21N3O3. The molecule has 0 atom stereocenters. The lowest BCUT2D eigenvalue weighted by molar-refractivity contribution is -0.129. The molecule has 1 rings (SSSR count). The van der Waals surface area contributed by atoms with E-state index >= 15 is 0 Å². The summed E-state index contributed by atoms with van der Waals surface area (Å²) in [5.74, 6) is 0.108. The van der Waals surface area contributed by atoms with Gasteiger partial charge in [0.2, 0.25) is 11.8 Å². The topological polar surface area (TPSA) is 74.6 Å². The maximum Gasteiger partial charge on any atom is 0.229 e. The van der Waals surface area contributed by atoms with Crippen molar-refractivity contribution in [2.45, 2.75) is 19.4 Å². The molecule has 1 aromatic heterocycles. The van der Waals surface area contributed by atoms with Crippen molar-refractivity contribution in [3.63, 3.8) is 0 Å². The van der Waals surface area contributed by atoms with Gasteiger partial charge in [-0.05, 0) is 39.2 Å². The van der Waals surface area contributed by atoms with Crippen molar-refractivity contribution >= 4 is 11.8 Å². The molecule has 6 heteroatoms. The van der Waals surface area contributed by atoms with Gasteiger partial charge in [-0.25, -0.2) is 0 Å². The van der Waals surface area contributed by atoms with Gasteiger partial charge < -0.3 is 20.0 Å². The Hall–Kier alpha value is -1.82. The Bertz CT molecular complexity index is 388. The van der Waals surface area contributed by atoms with Gasteiger partial charge in [-0.2, -0.15) is 0 Å². The van der Waals surface area contributed by atoms with Crippen LogP contribution in [0.3, 0.4) is 0 Å². The Kier molecular flexibility index (Phi) is 6.67. The van der Waals surface area contributed by atoms with Crippen LogP contribution in [-0.2, 0) is 16.1 Å². The van der Waals surface area contributed by atoms with E-state index in [1.54, 1.807) is 18.4 Å². The first-order valence-corrected chi connectivity index (χ1v) is 6.28. The molecule has 0 radical (unpaired) electrons. The second-order valence-corrected chi connectivity index (χ2v) is 4.54. The summed E-state index contributed by atoms with van der Waals surface area (Å²) in [6.07, 6.45) is 2.26. The third-order valence-electron chi connectivity index (χ3n) is 2.47. The van der Waals surface area contributed by atoms with Crippen LogP contribution in [0.1, 0.15) is 18.6 Å². The molecule has 2 amide bonds. The van der Waals surface area contributed by atoms with Gasteiger partial charge in [0.05, 0.1) is 12.8 Å². The SMILES string of the molecule is CN(C)CCCNC(=O)CC(=O)NCc1ccco1. The van der Waals surface area contributed by atoms with Crippen molar-refractivity contribution in [2.24, 2.45) is 0 Å². The zero-order valence-corrected chi connectivity index (χ0v) is 11.4. The maximum absolute atomic E-state index is 11.5. The van der Waals surface area contributed by atoms with E-state index in [2.05, 4.69) is 10.6 Å². The molecule has 0 unspecified atom stereocenters. The van der Waals surface area contributed by atoms with E-state index in [1.807, 2.05) is 19.0 Å².